The summed E-state index contributed by atoms with van der Waals surface area (Å²) in [5, 5.41) is 3.02. The molecular weight excluding hydrogens is 518 g/mol. The van der Waals surface area contributed by atoms with Crippen LogP contribution in [-0.4, -0.2) is 53.6 Å². The number of hydrogen-bond acceptors (Lipinski definition) is 11. The zero-order chi connectivity index (χ0) is 27.7. The van der Waals surface area contributed by atoms with Crippen LogP contribution in [0.5, 0.6) is 0 Å². The minimum atomic E-state index is -3.40. The lowest BCUT2D eigenvalue weighted by molar-refractivity contribution is 0.526. The van der Waals surface area contributed by atoms with E-state index >= 15 is 0 Å². The zero-order valence-electron chi connectivity index (χ0n) is 22.4. The minimum absolute atomic E-state index is 0.0349. The molecule has 5 rings (SSSR count). The molecule has 1 saturated carbocycles. The van der Waals surface area contributed by atoms with Crippen LogP contribution in [-0.2, 0) is 22.8 Å². The van der Waals surface area contributed by atoms with Gasteiger partial charge >= 0.3 is 0 Å². The topological polar surface area (TPSA) is 158 Å². The highest BCUT2D eigenvalue weighted by Crippen LogP contribution is 2.43. The van der Waals surface area contributed by atoms with Gasteiger partial charge in [0.05, 0.1) is 35.4 Å². The first-order valence-electron chi connectivity index (χ1n) is 13.2. The predicted molar refractivity (Wildman–Crippen MR) is 146 cm³/mol. The summed E-state index contributed by atoms with van der Waals surface area (Å²) in [6.45, 7) is 7.65. The van der Waals surface area contributed by atoms with Crippen LogP contribution in [0.2, 0.25) is 0 Å². The monoisotopic (exact) mass is 549 g/mol. The maximum absolute atomic E-state index is 13.6. The molecule has 4 aromatic rings. The van der Waals surface area contributed by atoms with E-state index in [1.165, 1.54) is 12.4 Å². The van der Waals surface area contributed by atoms with E-state index in [1.54, 1.807) is 24.0 Å². The Bertz CT molecular complexity index is 1680. The van der Waals surface area contributed by atoms with E-state index in [0.29, 0.717) is 41.6 Å². The van der Waals surface area contributed by atoms with Crippen molar-refractivity contribution in [1.82, 2.24) is 39.5 Å². The van der Waals surface area contributed by atoms with Gasteiger partial charge in [-0.1, -0.05) is 20.8 Å². The third kappa shape index (κ3) is 5.22. The number of aromatic nitrogens is 8. The Morgan fingerprint density at radius 1 is 1.03 bits per heavy atom. The number of nitrogens with one attached hydrogen (secondary N) is 1. The third-order valence-corrected chi connectivity index (χ3v) is 8.66. The lowest BCUT2D eigenvalue weighted by Crippen LogP contribution is -2.28. The summed E-state index contributed by atoms with van der Waals surface area (Å²) in [4.78, 5) is 45.0. The van der Waals surface area contributed by atoms with Gasteiger partial charge in [0, 0.05) is 24.4 Å². The van der Waals surface area contributed by atoms with Crippen molar-refractivity contribution >= 4 is 26.8 Å². The summed E-state index contributed by atoms with van der Waals surface area (Å²) in [7, 11) is -3.40. The molecule has 1 unspecified atom stereocenters. The molecule has 1 fully saturated rings. The summed E-state index contributed by atoms with van der Waals surface area (Å²) >= 11 is 0. The molecule has 1 N–H and O–H groups in total. The summed E-state index contributed by atoms with van der Waals surface area (Å²) in [5.74, 6) is 1.29. The summed E-state index contributed by atoms with van der Waals surface area (Å²) in [6, 6.07) is -0.151. The average Bonchev–Trinajstić information content (AvgIpc) is 3.81. The van der Waals surface area contributed by atoms with Crippen molar-refractivity contribution in [2.75, 3.05) is 11.1 Å². The van der Waals surface area contributed by atoms with Crippen LogP contribution >= 0.6 is 0 Å². The average molecular weight is 550 g/mol. The molecular formula is C26H31N9O3S. The molecule has 0 amide bonds. The van der Waals surface area contributed by atoms with Gasteiger partial charge in [0.15, 0.2) is 27.1 Å². The van der Waals surface area contributed by atoms with Crippen LogP contribution in [0.4, 0.5) is 5.82 Å². The summed E-state index contributed by atoms with van der Waals surface area (Å²) < 4.78 is 25.7. The van der Waals surface area contributed by atoms with Crippen LogP contribution in [0.15, 0.2) is 34.6 Å². The fraction of sp³-hybridized carbons (Fsp3) is 0.462. The van der Waals surface area contributed by atoms with Crippen molar-refractivity contribution in [2.45, 2.75) is 76.8 Å². The number of anilines is 1. The molecule has 0 aliphatic heterocycles. The smallest absolute Gasteiger partial charge is 0.295 e. The lowest BCUT2D eigenvalue weighted by Gasteiger charge is -2.18. The molecule has 0 bridgehead atoms. The van der Waals surface area contributed by atoms with Crippen LogP contribution < -0.4 is 10.9 Å². The third-order valence-electron chi connectivity index (χ3n) is 6.98. The number of hydrogen-bond donors (Lipinski definition) is 1. The molecule has 0 radical (unpaired) electrons. The van der Waals surface area contributed by atoms with Crippen molar-refractivity contribution in [3.05, 3.63) is 52.5 Å². The van der Waals surface area contributed by atoms with Gasteiger partial charge in [-0.15, -0.1) is 0 Å². The highest BCUT2D eigenvalue weighted by molar-refractivity contribution is 7.91. The van der Waals surface area contributed by atoms with E-state index in [1.807, 2.05) is 20.8 Å². The Morgan fingerprint density at radius 2 is 1.77 bits per heavy atom. The van der Waals surface area contributed by atoms with Crippen LogP contribution in [0, 0.1) is 0 Å². The first kappa shape index (κ1) is 26.7. The highest BCUT2D eigenvalue weighted by Gasteiger charge is 2.31. The second-order valence-corrected chi connectivity index (χ2v) is 11.9. The minimum Gasteiger partial charge on any atom is -0.358 e. The molecule has 39 heavy (non-hydrogen) atoms. The van der Waals surface area contributed by atoms with Crippen molar-refractivity contribution in [3.63, 3.8) is 0 Å². The van der Waals surface area contributed by atoms with Crippen molar-refractivity contribution in [3.8, 4) is 11.4 Å². The number of fused-ring (bicyclic) bond motifs is 1. The molecule has 0 saturated heterocycles. The SMILES string of the molecule is CCc1ncnc(C2CC2)c1-c1ncc2nc(NCc3ncc(S(=O)(=O)CC)cn3)c(=O)n(C(C)CC)c2n1. The van der Waals surface area contributed by atoms with E-state index in [4.69, 9.17) is 4.98 Å². The normalized spacial score (nSPS) is 14.5. The molecule has 4 heterocycles. The zero-order valence-corrected chi connectivity index (χ0v) is 23.2. The van der Waals surface area contributed by atoms with E-state index in [-0.39, 0.29) is 34.6 Å². The van der Waals surface area contributed by atoms with Gasteiger partial charge in [-0.25, -0.2) is 43.3 Å². The lowest BCUT2D eigenvalue weighted by atomic mass is 10.1. The largest absolute Gasteiger partial charge is 0.358 e. The van der Waals surface area contributed by atoms with Crippen LogP contribution in [0.3, 0.4) is 0 Å². The Labute approximate surface area is 226 Å². The standard InChI is InChI=1S/C26H31N9O3S/c1-5-15(4)35-25-19(12-29-23(34-25)21-18(6-2)31-14-32-22(21)16-8-9-16)33-24(26(35)36)30-13-20-27-10-17(11-28-20)39(37,38)7-3/h10-12,14-16H,5-9,13H2,1-4H3,(H,30,33). The first-order valence-corrected chi connectivity index (χ1v) is 14.8. The van der Waals surface area contributed by atoms with Gasteiger partial charge in [-0.3, -0.25) is 9.36 Å². The van der Waals surface area contributed by atoms with Gasteiger partial charge < -0.3 is 5.32 Å². The van der Waals surface area contributed by atoms with Crippen molar-refractivity contribution in [2.24, 2.45) is 0 Å². The van der Waals surface area contributed by atoms with Gasteiger partial charge in [-0.2, -0.15) is 0 Å². The van der Waals surface area contributed by atoms with E-state index in [9.17, 15) is 13.2 Å². The van der Waals surface area contributed by atoms with Crippen molar-refractivity contribution < 1.29 is 8.42 Å². The number of rotatable bonds is 10. The Balaban J connectivity index is 1.54. The number of nitrogens with zero attached hydrogens (tertiary/aromatic N) is 8. The summed E-state index contributed by atoms with van der Waals surface area (Å²) in [5.41, 5.74) is 3.28. The fourth-order valence-corrected chi connectivity index (χ4v) is 5.13. The predicted octanol–water partition coefficient (Wildman–Crippen LogP) is 3.25. The number of sulfone groups is 1. The summed E-state index contributed by atoms with van der Waals surface area (Å²) in [6.07, 6.45) is 9.36. The van der Waals surface area contributed by atoms with Gasteiger partial charge in [0.2, 0.25) is 0 Å². The Morgan fingerprint density at radius 3 is 2.41 bits per heavy atom. The quantitative estimate of drug-likeness (QED) is 0.309. The Kier molecular flexibility index (Phi) is 7.34. The fourth-order valence-electron chi connectivity index (χ4n) is 4.37. The molecule has 12 nitrogen and oxygen atoms in total. The molecule has 0 spiro atoms. The molecule has 13 heteroatoms. The first-order chi connectivity index (χ1) is 18.8. The van der Waals surface area contributed by atoms with E-state index < -0.39 is 9.84 Å². The van der Waals surface area contributed by atoms with Gasteiger partial charge in [-0.05, 0) is 32.6 Å². The second kappa shape index (κ2) is 10.7. The molecule has 0 aromatic carbocycles. The second-order valence-electron chi connectivity index (χ2n) is 9.60. The molecule has 4 aromatic heterocycles. The molecule has 1 aliphatic carbocycles. The van der Waals surface area contributed by atoms with Crippen LogP contribution in [0.25, 0.3) is 22.6 Å². The van der Waals surface area contributed by atoms with Gasteiger partial charge in [0.1, 0.15) is 22.6 Å². The van der Waals surface area contributed by atoms with Gasteiger partial charge in [0.25, 0.3) is 5.56 Å². The van der Waals surface area contributed by atoms with Crippen LogP contribution in [0.1, 0.15) is 76.1 Å². The highest BCUT2D eigenvalue weighted by atomic mass is 32.2. The van der Waals surface area contributed by atoms with E-state index in [2.05, 4.69) is 35.2 Å². The number of aryl methyl sites for hydroxylation is 1. The molecule has 1 atom stereocenters. The maximum atomic E-state index is 13.6. The molecule has 204 valence electrons. The van der Waals surface area contributed by atoms with E-state index in [0.717, 1.165) is 29.8 Å². The molecule has 1 aliphatic rings. The van der Waals surface area contributed by atoms with Crippen molar-refractivity contribution in [1.29, 1.82) is 0 Å². The maximum Gasteiger partial charge on any atom is 0.295 e. The Hall–Kier alpha value is -3.87.